The first-order valence-corrected chi connectivity index (χ1v) is 7.63. The van der Waals surface area contributed by atoms with E-state index >= 15 is 0 Å². The van der Waals surface area contributed by atoms with E-state index in [4.69, 9.17) is 16.3 Å². The van der Waals surface area contributed by atoms with Crippen LogP contribution in [0.5, 0.6) is 5.75 Å². The lowest BCUT2D eigenvalue weighted by Gasteiger charge is -2.10. The van der Waals surface area contributed by atoms with Crippen molar-refractivity contribution in [2.75, 3.05) is 6.61 Å². The topological polar surface area (TPSA) is 38.3 Å². The number of nitrogens with one attached hydrogen (secondary N) is 1. The predicted octanol–water partition coefficient (Wildman–Crippen LogP) is 4.04. The lowest BCUT2D eigenvalue weighted by Crippen LogP contribution is -2.24. The highest BCUT2D eigenvalue weighted by Crippen LogP contribution is 2.19. The molecule has 0 bridgehead atoms. The molecule has 0 aliphatic carbocycles. The molecule has 0 radical (unpaired) electrons. The smallest absolute Gasteiger partial charge is 0.223 e. The zero-order valence-electron chi connectivity index (χ0n) is 12.9. The second-order valence-electron chi connectivity index (χ2n) is 5.27. The normalized spacial score (nSPS) is 10.3. The number of aryl methyl sites for hydroxylation is 2. The van der Waals surface area contributed by atoms with Gasteiger partial charge in [-0.25, -0.2) is 0 Å². The van der Waals surface area contributed by atoms with E-state index in [9.17, 15) is 4.79 Å². The minimum absolute atomic E-state index is 0.0275. The highest BCUT2D eigenvalue weighted by molar-refractivity contribution is 6.30. The monoisotopic (exact) mass is 317 g/mol. The van der Waals surface area contributed by atoms with Gasteiger partial charge in [-0.15, -0.1) is 0 Å². The number of rotatable bonds is 6. The van der Waals surface area contributed by atoms with Gasteiger partial charge in [-0.1, -0.05) is 35.9 Å². The molecule has 0 spiro atoms. The molecule has 22 heavy (non-hydrogen) atoms. The second kappa shape index (κ2) is 7.85. The van der Waals surface area contributed by atoms with Crippen LogP contribution >= 0.6 is 11.6 Å². The summed E-state index contributed by atoms with van der Waals surface area (Å²) in [6.07, 6.45) is 0.334. The number of hydrogen-bond acceptors (Lipinski definition) is 2. The van der Waals surface area contributed by atoms with Gasteiger partial charge in [0.15, 0.2) is 0 Å². The van der Waals surface area contributed by atoms with Crippen molar-refractivity contribution in [2.45, 2.75) is 26.8 Å². The van der Waals surface area contributed by atoms with Crippen molar-refractivity contribution in [3.63, 3.8) is 0 Å². The van der Waals surface area contributed by atoms with E-state index < -0.39 is 0 Å². The zero-order valence-corrected chi connectivity index (χ0v) is 13.6. The SMILES string of the molecule is Cc1ccc(C)c(OCCC(=O)NCc2ccc(Cl)cc2)c1. The first kappa shape index (κ1) is 16.4. The molecule has 3 nitrogen and oxygen atoms in total. The van der Waals surface area contributed by atoms with E-state index in [1.54, 1.807) is 0 Å². The molecule has 0 aromatic heterocycles. The number of carbonyl (C=O) groups excluding carboxylic acids is 1. The molecule has 0 aliphatic rings. The van der Waals surface area contributed by atoms with Crippen molar-refractivity contribution >= 4 is 17.5 Å². The molecule has 0 saturated heterocycles. The Morgan fingerprint density at radius 1 is 1.14 bits per heavy atom. The van der Waals surface area contributed by atoms with Gasteiger partial charge in [-0.2, -0.15) is 0 Å². The number of benzene rings is 2. The average molecular weight is 318 g/mol. The fourth-order valence-electron chi connectivity index (χ4n) is 2.01. The van der Waals surface area contributed by atoms with Crippen LogP contribution in [0.3, 0.4) is 0 Å². The Morgan fingerprint density at radius 3 is 2.59 bits per heavy atom. The summed E-state index contributed by atoms with van der Waals surface area (Å²) in [6.45, 7) is 4.89. The van der Waals surface area contributed by atoms with Crippen molar-refractivity contribution in [2.24, 2.45) is 0 Å². The van der Waals surface area contributed by atoms with E-state index in [0.717, 1.165) is 22.4 Å². The van der Waals surface area contributed by atoms with Crippen LogP contribution in [0.4, 0.5) is 0 Å². The van der Waals surface area contributed by atoms with Crippen LogP contribution < -0.4 is 10.1 Å². The third-order valence-corrected chi connectivity index (χ3v) is 3.59. The molecule has 0 atom stereocenters. The lowest BCUT2D eigenvalue weighted by molar-refractivity contribution is -0.121. The van der Waals surface area contributed by atoms with E-state index in [1.165, 1.54) is 0 Å². The van der Waals surface area contributed by atoms with Crippen LogP contribution in [-0.2, 0) is 11.3 Å². The quantitative estimate of drug-likeness (QED) is 0.873. The molecule has 0 unspecified atom stereocenters. The predicted molar refractivity (Wildman–Crippen MR) is 89.3 cm³/mol. The minimum Gasteiger partial charge on any atom is -0.493 e. The van der Waals surface area contributed by atoms with Gasteiger partial charge in [0.1, 0.15) is 5.75 Å². The Kier molecular flexibility index (Phi) is 5.84. The van der Waals surface area contributed by atoms with Crippen LogP contribution in [-0.4, -0.2) is 12.5 Å². The van der Waals surface area contributed by atoms with Gasteiger partial charge in [-0.3, -0.25) is 4.79 Å². The number of amides is 1. The fraction of sp³-hybridized carbons (Fsp3) is 0.278. The summed E-state index contributed by atoms with van der Waals surface area (Å²) in [4.78, 5) is 11.8. The van der Waals surface area contributed by atoms with Crippen molar-refractivity contribution in [3.05, 3.63) is 64.2 Å². The summed E-state index contributed by atoms with van der Waals surface area (Å²) in [5.41, 5.74) is 3.24. The first-order valence-electron chi connectivity index (χ1n) is 7.26. The molecule has 4 heteroatoms. The van der Waals surface area contributed by atoms with Crippen molar-refractivity contribution in [1.29, 1.82) is 0 Å². The van der Waals surface area contributed by atoms with Crippen molar-refractivity contribution in [3.8, 4) is 5.75 Å². The van der Waals surface area contributed by atoms with Crippen molar-refractivity contribution < 1.29 is 9.53 Å². The maximum atomic E-state index is 11.8. The molecule has 1 N–H and O–H groups in total. The molecular formula is C18H20ClNO2. The van der Waals surface area contributed by atoms with Crippen LogP contribution in [0.15, 0.2) is 42.5 Å². The van der Waals surface area contributed by atoms with Gasteiger partial charge in [-0.05, 0) is 48.7 Å². The van der Waals surface area contributed by atoms with Crippen LogP contribution in [0.2, 0.25) is 5.02 Å². The highest BCUT2D eigenvalue weighted by atomic mass is 35.5. The van der Waals surface area contributed by atoms with E-state index in [0.29, 0.717) is 24.6 Å². The minimum atomic E-state index is -0.0275. The van der Waals surface area contributed by atoms with Gasteiger partial charge in [0.05, 0.1) is 13.0 Å². The molecule has 2 rings (SSSR count). The summed E-state index contributed by atoms with van der Waals surface area (Å²) in [5.74, 6) is 0.811. The molecule has 116 valence electrons. The van der Waals surface area contributed by atoms with Gasteiger partial charge in [0.2, 0.25) is 5.91 Å². The highest BCUT2D eigenvalue weighted by Gasteiger charge is 2.04. The van der Waals surface area contributed by atoms with E-state index in [2.05, 4.69) is 5.32 Å². The van der Waals surface area contributed by atoms with Gasteiger partial charge >= 0.3 is 0 Å². The molecule has 0 saturated carbocycles. The Balaban J connectivity index is 1.73. The molecule has 2 aromatic carbocycles. The van der Waals surface area contributed by atoms with E-state index in [1.807, 2.05) is 56.3 Å². The maximum absolute atomic E-state index is 11.8. The Bertz CT molecular complexity index is 638. The fourth-order valence-corrected chi connectivity index (χ4v) is 2.13. The van der Waals surface area contributed by atoms with Gasteiger partial charge in [0.25, 0.3) is 0 Å². The molecular weight excluding hydrogens is 298 g/mol. The van der Waals surface area contributed by atoms with Crippen LogP contribution in [0.1, 0.15) is 23.1 Å². The summed E-state index contributed by atoms with van der Waals surface area (Å²) >= 11 is 5.82. The molecule has 0 heterocycles. The lowest BCUT2D eigenvalue weighted by atomic mass is 10.1. The van der Waals surface area contributed by atoms with Crippen LogP contribution in [0.25, 0.3) is 0 Å². The maximum Gasteiger partial charge on any atom is 0.223 e. The number of carbonyl (C=O) groups is 1. The summed E-state index contributed by atoms with van der Waals surface area (Å²) < 4.78 is 5.68. The summed E-state index contributed by atoms with van der Waals surface area (Å²) in [6, 6.07) is 13.5. The average Bonchev–Trinajstić information content (AvgIpc) is 2.50. The number of hydrogen-bond donors (Lipinski definition) is 1. The Labute approximate surface area is 136 Å². The number of ether oxygens (including phenoxy) is 1. The summed E-state index contributed by atoms with van der Waals surface area (Å²) in [7, 11) is 0. The Hall–Kier alpha value is -2.00. The van der Waals surface area contributed by atoms with Crippen molar-refractivity contribution in [1.82, 2.24) is 5.32 Å². The third-order valence-electron chi connectivity index (χ3n) is 3.33. The molecule has 1 amide bonds. The standard InChI is InChI=1S/C18H20ClNO2/c1-13-3-4-14(2)17(11-13)22-10-9-18(21)20-12-15-5-7-16(19)8-6-15/h3-8,11H,9-10,12H2,1-2H3,(H,20,21). The largest absolute Gasteiger partial charge is 0.493 e. The van der Waals surface area contributed by atoms with E-state index in [-0.39, 0.29) is 5.91 Å². The van der Waals surface area contributed by atoms with Gasteiger partial charge < -0.3 is 10.1 Å². The third kappa shape index (κ3) is 5.08. The molecule has 2 aromatic rings. The Morgan fingerprint density at radius 2 is 1.86 bits per heavy atom. The zero-order chi connectivity index (χ0) is 15.9. The first-order chi connectivity index (χ1) is 10.5. The summed E-state index contributed by atoms with van der Waals surface area (Å²) in [5, 5.41) is 3.56. The molecule has 0 aliphatic heterocycles. The molecule has 0 fully saturated rings. The number of halogens is 1. The van der Waals surface area contributed by atoms with Crippen LogP contribution in [0, 0.1) is 13.8 Å². The van der Waals surface area contributed by atoms with Gasteiger partial charge in [0, 0.05) is 11.6 Å². The second-order valence-corrected chi connectivity index (χ2v) is 5.71.